The summed E-state index contributed by atoms with van der Waals surface area (Å²) in [6.07, 6.45) is 2.36. The number of hydrogen-bond acceptors (Lipinski definition) is 4. The van der Waals surface area contributed by atoms with E-state index in [2.05, 4.69) is 30.3 Å². The van der Waals surface area contributed by atoms with Gasteiger partial charge in [-0.1, -0.05) is 13.0 Å². The fraction of sp³-hybridized carbons (Fsp3) is 0.476. The molecule has 1 aliphatic carbocycles. The van der Waals surface area contributed by atoms with Gasteiger partial charge in [-0.15, -0.1) is 0 Å². The average molecular weight is 371 g/mol. The van der Waals surface area contributed by atoms with Crippen molar-refractivity contribution in [2.24, 2.45) is 0 Å². The predicted molar refractivity (Wildman–Crippen MR) is 105 cm³/mol. The molecule has 0 radical (unpaired) electrons. The molecule has 1 aliphatic heterocycles. The van der Waals surface area contributed by atoms with Gasteiger partial charge in [0, 0.05) is 18.5 Å². The molecule has 4 rings (SSSR count). The van der Waals surface area contributed by atoms with E-state index in [4.69, 9.17) is 0 Å². The highest BCUT2D eigenvalue weighted by Crippen LogP contribution is 2.47. The molecule has 2 aromatic rings. The molecule has 26 heavy (non-hydrogen) atoms. The Morgan fingerprint density at radius 2 is 2.23 bits per heavy atom. The van der Waals surface area contributed by atoms with Gasteiger partial charge in [-0.3, -0.25) is 4.79 Å². The van der Waals surface area contributed by atoms with E-state index in [-0.39, 0.29) is 17.4 Å². The zero-order valence-electron chi connectivity index (χ0n) is 15.6. The van der Waals surface area contributed by atoms with Crippen LogP contribution in [-0.4, -0.2) is 53.5 Å². The number of benzene rings is 1. The maximum Gasteiger partial charge on any atom is 0.227 e. The van der Waals surface area contributed by atoms with Gasteiger partial charge < -0.3 is 14.9 Å². The minimum Gasteiger partial charge on any atom is -0.508 e. The predicted octanol–water partition coefficient (Wildman–Crippen LogP) is 3.04. The van der Waals surface area contributed by atoms with Crippen molar-refractivity contribution < 1.29 is 9.90 Å². The van der Waals surface area contributed by atoms with E-state index in [1.807, 2.05) is 29.5 Å². The Kier molecular flexibility index (Phi) is 4.32. The number of aromatic hydroxyl groups is 1. The summed E-state index contributed by atoms with van der Waals surface area (Å²) < 4.78 is 0. The fourth-order valence-electron chi connectivity index (χ4n) is 4.98. The van der Waals surface area contributed by atoms with E-state index in [1.165, 1.54) is 11.1 Å². The molecule has 0 spiro atoms. The number of carbonyl (C=O) groups excluding carboxylic acids is 1. The number of nitrogens with zero attached hydrogens (tertiary/aromatic N) is 2. The lowest BCUT2D eigenvalue weighted by Crippen LogP contribution is -2.67. The van der Waals surface area contributed by atoms with Crippen molar-refractivity contribution in [1.29, 1.82) is 0 Å². The fourth-order valence-corrected chi connectivity index (χ4v) is 5.65. The molecule has 138 valence electrons. The summed E-state index contributed by atoms with van der Waals surface area (Å²) in [5.74, 6) is 0.483. The average Bonchev–Trinajstić information content (AvgIpc) is 3.11. The molecule has 1 aromatic heterocycles. The quantitative estimate of drug-likeness (QED) is 0.903. The molecular weight excluding hydrogens is 344 g/mol. The number of hydrogen-bond donors (Lipinski definition) is 1. The zero-order chi connectivity index (χ0) is 18.5. The number of likely N-dealkylation sites (N-methyl/N-ethyl adjacent to an activating group) is 2. The molecule has 1 amide bonds. The van der Waals surface area contributed by atoms with E-state index in [0.717, 1.165) is 24.9 Å². The molecule has 3 atom stereocenters. The van der Waals surface area contributed by atoms with Gasteiger partial charge in [-0.25, -0.2) is 0 Å². The standard InChI is InChI=1S/C21H26N2O2S/c1-21-7-8-22(2)18(11-15-4-5-16(24)12-17(15)21)20(21)23(3)19(25)10-14-6-9-26-13-14/h4-6,9,12-13,18,20,24H,7-8,10-11H2,1-3H3/t18-,20+,21?/m1/s1. The van der Waals surface area contributed by atoms with Crippen LogP contribution in [0.5, 0.6) is 5.75 Å². The van der Waals surface area contributed by atoms with Crippen molar-refractivity contribution in [2.45, 2.75) is 43.7 Å². The molecule has 2 heterocycles. The molecular formula is C21H26N2O2S. The summed E-state index contributed by atoms with van der Waals surface area (Å²) in [5.41, 5.74) is 3.46. The van der Waals surface area contributed by atoms with Crippen LogP contribution in [0.4, 0.5) is 0 Å². The summed E-state index contributed by atoms with van der Waals surface area (Å²) >= 11 is 1.63. The Hall–Kier alpha value is -1.85. The van der Waals surface area contributed by atoms with Crippen LogP contribution >= 0.6 is 11.3 Å². The van der Waals surface area contributed by atoms with Gasteiger partial charge in [0.25, 0.3) is 0 Å². The van der Waals surface area contributed by atoms with Crippen LogP contribution in [-0.2, 0) is 23.1 Å². The van der Waals surface area contributed by atoms with Gasteiger partial charge in [-0.05, 0) is 72.1 Å². The third kappa shape index (κ3) is 2.74. The highest BCUT2D eigenvalue weighted by molar-refractivity contribution is 7.08. The van der Waals surface area contributed by atoms with Crippen LogP contribution in [0, 0.1) is 0 Å². The second-order valence-corrected chi connectivity index (χ2v) is 8.80. The summed E-state index contributed by atoms with van der Waals surface area (Å²) in [6, 6.07) is 8.20. The molecule has 1 aromatic carbocycles. The number of amides is 1. The van der Waals surface area contributed by atoms with Crippen molar-refractivity contribution in [3.8, 4) is 5.75 Å². The number of likely N-dealkylation sites (tertiary alicyclic amines) is 1. The van der Waals surface area contributed by atoms with Gasteiger partial charge in [-0.2, -0.15) is 11.3 Å². The maximum atomic E-state index is 13.0. The summed E-state index contributed by atoms with van der Waals surface area (Å²) in [7, 11) is 4.12. The lowest BCUT2D eigenvalue weighted by Gasteiger charge is -2.57. The molecule has 1 unspecified atom stereocenters. The van der Waals surface area contributed by atoms with Crippen LogP contribution in [0.25, 0.3) is 0 Å². The molecule has 1 fully saturated rings. The van der Waals surface area contributed by atoms with Gasteiger partial charge in [0.2, 0.25) is 5.91 Å². The van der Waals surface area contributed by atoms with E-state index >= 15 is 0 Å². The van der Waals surface area contributed by atoms with Crippen molar-refractivity contribution in [2.75, 3.05) is 20.6 Å². The lowest BCUT2D eigenvalue weighted by atomic mass is 9.61. The topological polar surface area (TPSA) is 43.8 Å². The number of phenols is 1. The minimum absolute atomic E-state index is 0.113. The third-order valence-electron chi connectivity index (χ3n) is 6.45. The van der Waals surface area contributed by atoms with E-state index < -0.39 is 0 Å². The summed E-state index contributed by atoms with van der Waals surface area (Å²) in [4.78, 5) is 17.4. The van der Waals surface area contributed by atoms with E-state index in [0.29, 0.717) is 18.2 Å². The number of fused-ring (bicyclic) bond motifs is 4. The maximum absolute atomic E-state index is 13.0. The summed E-state index contributed by atoms with van der Waals surface area (Å²) in [6.45, 7) is 3.28. The molecule has 2 aliphatic rings. The SMILES string of the molecule is CN1CCC2(C)c3cc(O)ccc3C[C@@H]1[C@@H]2N(C)C(=O)Cc1ccsc1. The molecule has 1 saturated heterocycles. The highest BCUT2D eigenvalue weighted by atomic mass is 32.1. The first kappa shape index (κ1) is 17.6. The first-order chi connectivity index (χ1) is 12.4. The third-order valence-corrected chi connectivity index (χ3v) is 7.18. The molecule has 1 N–H and O–H groups in total. The molecule has 2 bridgehead atoms. The Morgan fingerprint density at radius 1 is 1.42 bits per heavy atom. The largest absolute Gasteiger partial charge is 0.508 e. The Bertz CT molecular complexity index is 819. The monoisotopic (exact) mass is 370 g/mol. The second-order valence-electron chi connectivity index (χ2n) is 8.02. The molecule has 0 saturated carbocycles. The Balaban J connectivity index is 1.71. The van der Waals surface area contributed by atoms with Crippen LogP contribution in [0.2, 0.25) is 0 Å². The van der Waals surface area contributed by atoms with Crippen molar-refractivity contribution in [3.05, 3.63) is 51.7 Å². The highest BCUT2D eigenvalue weighted by Gasteiger charge is 2.52. The van der Waals surface area contributed by atoms with Gasteiger partial charge >= 0.3 is 0 Å². The van der Waals surface area contributed by atoms with Crippen molar-refractivity contribution >= 4 is 17.2 Å². The molecule has 4 nitrogen and oxygen atoms in total. The Morgan fingerprint density at radius 3 is 2.96 bits per heavy atom. The van der Waals surface area contributed by atoms with Crippen LogP contribution in [0.15, 0.2) is 35.0 Å². The lowest BCUT2D eigenvalue weighted by molar-refractivity contribution is -0.136. The van der Waals surface area contributed by atoms with E-state index in [1.54, 1.807) is 17.4 Å². The smallest absolute Gasteiger partial charge is 0.227 e. The summed E-state index contributed by atoms with van der Waals surface area (Å²) in [5, 5.41) is 14.1. The first-order valence-electron chi connectivity index (χ1n) is 9.19. The van der Waals surface area contributed by atoms with Crippen molar-refractivity contribution in [3.63, 3.8) is 0 Å². The van der Waals surface area contributed by atoms with Crippen LogP contribution < -0.4 is 0 Å². The second kappa shape index (κ2) is 6.39. The normalized spacial score (nSPS) is 27.8. The van der Waals surface area contributed by atoms with Crippen LogP contribution in [0.1, 0.15) is 30.0 Å². The minimum atomic E-state index is -0.136. The zero-order valence-corrected chi connectivity index (χ0v) is 16.4. The van der Waals surface area contributed by atoms with Gasteiger partial charge in [0.15, 0.2) is 0 Å². The van der Waals surface area contributed by atoms with Crippen molar-refractivity contribution in [1.82, 2.24) is 9.80 Å². The van der Waals surface area contributed by atoms with Crippen LogP contribution in [0.3, 0.4) is 0 Å². The van der Waals surface area contributed by atoms with Gasteiger partial charge in [0.1, 0.15) is 5.75 Å². The number of carbonyl (C=O) groups is 1. The number of rotatable bonds is 3. The van der Waals surface area contributed by atoms with Gasteiger partial charge in [0.05, 0.1) is 12.5 Å². The number of piperidine rings is 1. The number of phenolic OH excluding ortho intramolecular Hbond substituents is 1. The Labute approximate surface area is 159 Å². The molecule has 5 heteroatoms. The first-order valence-corrected chi connectivity index (χ1v) is 10.1. The number of thiophene rings is 1. The van der Waals surface area contributed by atoms with E-state index in [9.17, 15) is 9.90 Å².